The number of benzene rings is 2. The zero-order valence-corrected chi connectivity index (χ0v) is 16.7. The van der Waals surface area contributed by atoms with Crippen molar-refractivity contribution >= 4 is 16.0 Å². The molecular weight excluding hydrogens is 392 g/mol. The molecule has 1 aliphatic carbocycles. The quantitative estimate of drug-likeness (QED) is 0.678. The average Bonchev–Trinajstić information content (AvgIpc) is 3.49. The molecule has 2 aromatic carbocycles. The van der Waals surface area contributed by atoms with Crippen LogP contribution in [0.1, 0.15) is 24.0 Å². The van der Waals surface area contributed by atoms with Crippen molar-refractivity contribution in [3.63, 3.8) is 0 Å². The lowest BCUT2D eigenvalue weighted by Gasteiger charge is -2.49. The lowest BCUT2D eigenvalue weighted by molar-refractivity contribution is -0.138. The second-order valence-corrected chi connectivity index (χ2v) is 9.68. The molecule has 1 unspecified atom stereocenters. The first-order valence-corrected chi connectivity index (χ1v) is 11.0. The number of nitrogens with two attached hydrogens (primary N) is 1. The molecule has 0 aromatic heterocycles. The normalized spacial score (nSPS) is 20.0. The second kappa shape index (κ2) is 7.53. The predicted octanol–water partition coefficient (Wildman–Crippen LogP) is 1.72. The number of carboxylic acid groups (broad SMARTS) is 1. The maximum atomic E-state index is 13.1. The van der Waals surface area contributed by atoms with Gasteiger partial charge < -0.3 is 15.6 Å². The summed E-state index contributed by atoms with van der Waals surface area (Å²) in [5.41, 5.74) is 6.53. The van der Waals surface area contributed by atoms with E-state index < -0.39 is 27.6 Å². The van der Waals surface area contributed by atoms with Crippen LogP contribution in [0.4, 0.5) is 0 Å². The molecular formula is C21H24N2O5S. The number of hydrogen-bond donors (Lipinski definition) is 2. The van der Waals surface area contributed by atoms with Crippen LogP contribution in [0.5, 0.6) is 0 Å². The van der Waals surface area contributed by atoms with Crippen LogP contribution in [0.25, 0.3) is 0 Å². The Morgan fingerprint density at radius 1 is 1.17 bits per heavy atom. The highest BCUT2D eigenvalue weighted by atomic mass is 32.2. The second-order valence-electron chi connectivity index (χ2n) is 7.75. The Morgan fingerprint density at radius 2 is 1.86 bits per heavy atom. The number of carbonyl (C=O) groups is 1. The smallest absolute Gasteiger partial charge is 0.320 e. The topological polar surface area (TPSA) is 110 Å². The van der Waals surface area contributed by atoms with Crippen molar-refractivity contribution in [2.75, 3.05) is 13.1 Å². The van der Waals surface area contributed by atoms with Gasteiger partial charge in [0, 0.05) is 13.1 Å². The van der Waals surface area contributed by atoms with Crippen molar-refractivity contribution in [1.82, 2.24) is 4.31 Å². The van der Waals surface area contributed by atoms with Crippen LogP contribution in [-0.4, -0.2) is 49.0 Å². The largest absolute Gasteiger partial charge is 0.480 e. The van der Waals surface area contributed by atoms with Gasteiger partial charge in [-0.3, -0.25) is 4.79 Å². The van der Waals surface area contributed by atoms with Crippen molar-refractivity contribution < 1.29 is 23.1 Å². The molecule has 154 valence electrons. The molecule has 1 saturated heterocycles. The first-order valence-electron chi connectivity index (χ1n) is 9.61. The average molecular weight is 416 g/mol. The predicted molar refractivity (Wildman–Crippen MR) is 107 cm³/mol. The minimum atomic E-state index is -3.71. The Kier molecular flexibility index (Phi) is 5.20. The van der Waals surface area contributed by atoms with Gasteiger partial charge in [-0.15, -0.1) is 0 Å². The molecule has 2 fully saturated rings. The Morgan fingerprint density at radius 3 is 2.48 bits per heavy atom. The maximum absolute atomic E-state index is 13.1. The molecule has 2 aromatic rings. The number of carboxylic acids is 1. The van der Waals surface area contributed by atoms with Gasteiger partial charge in [0.25, 0.3) is 0 Å². The zero-order chi connectivity index (χ0) is 20.6. The van der Waals surface area contributed by atoms with Crippen LogP contribution in [-0.2, 0) is 31.6 Å². The molecule has 3 N–H and O–H groups in total. The van der Waals surface area contributed by atoms with E-state index in [2.05, 4.69) is 0 Å². The minimum absolute atomic E-state index is 0.0669. The molecule has 0 bridgehead atoms. The van der Waals surface area contributed by atoms with E-state index in [1.54, 1.807) is 12.1 Å². The van der Waals surface area contributed by atoms with Gasteiger partial charge in [0.15, 0.2) is 0 Å². The van der Waals surface area contributed by atoms with Gasteiger partial charge in [-0.25, -0.2) is 8.42 Å². The summed E-state index contributed by atoms with van der Waals surface area (Å²) in [5, 5.41) is 8.99. The maximum Gasteiger partial charge on any atom is 0.320 e. The van der Waals surface area contributed by atoms with Gasteiger partial charge in [-0.05, 0) is 42.5 Å². The highest BCUT2D eigenvalue weighted by Crippen LogP contribution is 2.43. The van der Waals surface area contributed by atoms with Crippen molar-refractivity contribution in [3.05, 3.63) is 65.7 Å². The minimum Gasteiger partial charge on any atom is -0.480 e. The standard InChI is InChI=1S/C21H24N2O5S/c22-19(20(24)25)12-15-5-4-8-18(11-15)29(26,27)23-13-21(14-23,28-17-9-10-17)16-6-2-1-3-7-16/h1-8,11,17,19H,9-10,12-14,22H2,(H,24,25). The summed E-state index contributed by atoms with van der Waals surface area (Å²) in [6.07, 6.45) is 2.28. The van der Waals surface area contributed by atoms with E-state index in [-0.39, 0.29) is 30.5 Å². The molecule has 1 saturated carbocycles. The summed E-state index contributed by atoms with van der Waals surface area (Å²) in [4.78, 5) is 11.1. The van der Waals surface area contributed by atoms with Gasteiger partial charge in [0.2, 0.25) is 10.0 Å². The summed E-state index contributed by atoms with van der Waals surface area (Å²) >= 11 is 0. The van der Waals surface area contributed by atoms with Gasteiger partial charge in [0.1, 0.15) is 11.6 Å². The van der Waals surface area contributed by atoms with Gasteiger partial charge in [-0.1, -0.05) is 42.5 Å². The molecule has 4 rings (SSSR count). The summed E-state index contributed by atoms with van der Waals surface area (Å²) in [6, 6.07) is 15.0. The number of rotatable bonds is 8. The lowest BCUT2D eigenvalue weighted by atomic mass is 9.88. The molecule has 1 heterocycles. The van der Waals surface area contributed by atoms with E-state index in [4.69, 9.17) is 15.6 Å². The van der Waals surface area contributed by atoms with Crippen molar-refractivity contribution in [2.45, 2.75) is 41.9 Å². The van der Waals surface area contributed by atoms with E-state index in [0.29, 0.717) is 5.56 Å². The fraction of sp³-hybridized carbons (Fsp3) is 0.381. The van der Waals surface area contributed by atoms with Crippen LogP contribution in [0.15, 0.2) is 59.5 Å². The zero-order valence-electron chi connectivity index (χ0n) is 15.9. The Balaban J connectivity index is 1.54. The van der Waals surface area contributed by atoms with E-state index >= 15 is 0 Å². The van der Waals surface area contributed by atoms with Crippen molar-refractivity contribution in [2.24, 2.45) is 5.73 Å². The third-order valence-electron chi connectivity index (χ3n) is 5.39. The fourth-order valence-electron chi connectivity index (χ4n) is 3.59. The monoisotopic (exact) mass is 416 g/mol. The Labute approximate surface area is 170 Å². The Hall–Kier alpha value is -2.26. The lowest BCUT2D eigenvalue weighted by Crippen LogP contribution is -2.62. The molecule has 29 heavy (non-hydrogen) atoms. The van der Waals surface area contributed by atoms with Crippen molar-refractivity contribution in [3.8, 4) is 0 Å². The van der Waals surface area contributed by atoms with Crippen molar-refractivity contribution in [1.29, 1.82) is 0 Å². The van der Waals surface area contributed by atoms with E-state index in [1.165, 1.54) is 16.4 Å². The number of aliphatic carboxylic acids is 1. The summed E-state index contributed by atoms with van der Waals surface area (Å²) in [6.45, 7) is 0.517. The molecule has 8 heteroatoms. The molecule has 1 aliphatic heterocycles. The molecule has 0 spiro atoms. The van der Waals surface area contributed by atoms with Gasteiger partial charge in [0.05, 0.1) is 11.0 Å². The number of sulfonamides is 1. The SMILES string of the molecule is NC(Cc1cccc(S(=O)(=O)N2CC(OC3CC3)(c3ccccc3)C2)c1)C(=O)O. The first kappa shape index (κ1) is 20.0. The summed E-state index contributed by atoms with van der Waals surface area (Å²) in [5.74, 6) is -1.12. The molecule has 7 nitrogen and oxygen atoms in total. The van der Waals surface area contributed by atoms with Crippen LogP contribution in [0.2, 0.25) is 0 Å². The first-order chi connectivity index (χ1) is 13.8. The van der Waals surface area contributed by atoms with Crippen LogP contribution in [0.3, 0.4) is 0 Å². The van der Waals surface area contributed by atoms with Crippen LogP contribution >= 0.6 is 0 Å². The fourth-order valence-corrected chi connectivity index (χ4v) is 5.19. The third-order valence-corrected chi connectivity index (χ3v) is 7.18. The summed E-state index contributed by atoms with van der Waals surface area (Å²) < 4.78 is 33.9. The molecule has 0 radical (unpaired) electrons. The Bertz CT molecular complexity index is 999. The highest BCUT2D eigenvalue weighted by molar-refractivity contribution is 7.89. The number of hydrogen-bond acceptors (Lipinski definition) is 5. The van der Waals surface area contributed by atoms with E-state index in [9.17, 15) is 13.2 Å². The molecule has 0 amide bonds. The highest BCUT2D eigenvalue weighted by Gasteiger charge is 2.52. The number of ether oxygens (including phenoxy) is 1. The molecule has 1 atom stereocenters. The number of nitrogens with zero attached hydrogens (tertiary/aromatic N) is 1. The van der Waals surface area contributed by atoms with Gasteiger partial charge >= 0.3 is 5.97 Å². The van der Waals surface area contributed by atoms with E-state index in [0.717, 1.165) is 18.4 Å². The van der Waals surface area contributed by atoms with Crippen LogP contribution in [0, 0.1) is 0 Å². The van der Waals surface area contributed by atoms with Gasteiger partial charge in [-0.2, -0.15) is 4.31 Å². The van der Waals surface area contributed by atoms with E-state index in [1.807, 2.05) is 30.3 Å². The third kappa shape index (κ3) is 4.06. The van der Waals surface area contributed by atoms with Crippen LogP contribution < -0.4 is 5.73 Å². The summed E-state index contributed by atoms with van der Waals surface area (Å²) in [7, 11) is -3.71. The molecule has 2 aliphatic rings.